The summed E-state index contributed by atoms with van der Waals surface area (Å²) >= 11 is 5.86. The molecule has 0 saturated carbocycles. The first-order valence-electron chi connectivity index (χ1n) is 9.14. The van der Waals surface area contributed by atoms with Gasteiger partial charge in [-0.3, -0.25) is 9.69 Å². The van der Waals surface area contributed by atoms with Crippen LogP contribution in [-0.4, -0.2) is 36.9 Å². The van der Waals surface area contributed by atoms with Gasteiger partial charge < -0.3 is 4.74 Å². The zero-order valence-corrected chi connectivity index (χ0v) is 15.6. The summed E-state index contributed by atoms with van der Waals surface area (Å²) in [4.78, 5) is 14.7. The van der Waals surface area contributed by atoms with Crippen molar-refractivity contribution in [2.24, 2.45) is 0 Å². The van der Waals surface area contributed by atoms with E-state index < -0.39 is 0 Å². The molecule has 2 aromatic rings. The summed E-state index contributed by atoms with van der Waals surface area (Å²) in [7, 11) is 0. The van der Waals surface area contributed by atoms with Gasteiger partial charge in [-0.2, -0.15) is 0 Å². The second kappa shape index (κ2) is 9.56. The van der Waals surface area contributed by atoms with Crippen molar-refractivity contribution in [3.63, 3.8) is 0 Å². The number of carbonyl (C=O) groups is 1. The van der Waals surface area contributed by atoms with E-state index in [9.17, 15) is 4.79 Å². The molecule has 0 unspecified atom stereocenters. The number of allylic oxidation sites excluding steroid dienone is 1. The second-order valence-electron chi connectivity index (χ2n) is 6.52. The Hall–Kier alpha value is -2.10. The number of hydrogen-bond donors (Lipinski definition) is 0. The Balaban J connectivity index is 1.48. The number of likely N-dealkylation sites (tertiary alicyclic amines) is 1. The summed E-state index contributed by atoms with van der Waals surface area (Å²) in [5, 5.41) is 0.685. The third kappa shape index (κ3) is 5.72. The average molecular weight is 370 g/mol. The molecule has 0 amide bonds. The van der Waals surface area contributed by atoms with Gasteiger partial charge >= 0.3 is 0 Å². The molecule has 1 fully saturated rings. The molecule has 136 valence electrons. The molecule has 2 aromatic carbocycles. The van der Waals surface area contributed by atoms with Gasteiger partial charge in [0.1, 0.15) is 12.4 Å². The van der Waals surface area contributed by atoms with E-state index >= 15 is 0 Å². The Morgan fingerprint density at radius 3 is 2.38 bits per heavy atom. The number of nitrogens with zero attached hydrogens (tertiary/aromatic N) is 1. The van der Waals surface area contributed by atoms with Gasteiger partial charge in [-0.1, -0.05) is 36.2 Å². The highest BCUT2D eigenvalue weighted by Gasteiger charge is 2.09. The zero-order valence-electron chi connectivity index (χ0n) is 14.9. The van der Waals surface area contributed by atoms with Crippen molar-refractivity contribution in [3.8, 4) is 5.75 Å². The lowest BCUT2D eigenvalue weighted by molar-refractivity contribution is 0.104. The van der Waals surface area contributed by atoms with E-state index in [0.717, 1.165) is 17.9 Å². The van der Waals surface area contributed by atoms with Gasteiger partial charge in [0.05, 0.1) is 0 Å². The van der Waals surface area contributed by atoms with Crippen molar-refractivity contribution in [1.29, 1.82) is 0 Å². The highest BCUT2D eigenvalue weighted by molar-refractivity contribution is 6.30. The third-order valence-electron chi connectivity index (χ3n) is 4.56. The molecule has 0 atom stereocenters. The summed E-state index contributed by atoms with van der Waals surface area (Å²) in [5.41, 5.74) is 1.60. The quantitative estimate of drug-likeness (QED) is 0.502. The Bertz CT molecular complexity index is 732. The molecule has 0 N–H and O–H groups in total. The van der Waals surface area contributed by atoms with Crippen molar-refractivity contribution in [1.82, 2.24) is 4.90 Å². The predicted molar refractivity (Wildman–Crippen MR) is 107 cm³/mol. The molecule has 1 aliphatic heterocycles. The van der Waals surface area contributed by atoms with Crippen LogP contribution in [0.25, 0.3) is 6.08 Å². The summed E-state index contributed by atoms with van der Waals surface area (Å²) in [5.74, 6) is 0.778. The molecule has 4 heteroatoms. The minimum Gasteiger partial charge on any atom is -0.492 e. The van der Waals surface area contributed by atoms with E-state index in [1.807, 2.05) is 48.5 Å². The van der Waals surface area contributed by atoms with Gasteiger partial charge in [-0.25, -0.2) is 0 Å². The van der Waals surface area contributed by atoms with Crippen LogP contribution in [0.15, 0.2) is 54.6 Å². The number of benzene rings is 2. The van der Waals surface area contributed by atoms with Gasteiger partial charge in [0, 0.05) is 17.1 Å². The lowest BCUT2D eigenvalue weighted by Gasteiger charge is -2.26. The first kappa shape index (κ1) is 18.7. The highest BCUT2D eigenvalue weighted by Crippen LogP contribution is 2.15. The maximum Gasteiger partial charge on any atom is 0.185 e. The molecule has 26 heavy (non-hydrogen) atoms. The topological polar surface area (TPSA) is 29.5 Å². The molecule has 3 rings (SSSR count). The van der Waals surface area contributed by atoms with Crippen molar-refractivity contribution in [2.45, 2.75) is 19.3 Å². The number of piperidine rings is 1. The number of hydrogen-bond acceptors (Lipinski definition) is 3. The van der Waals surface area contributed by atoms with E-state index in [4.69, 9.17) is 16.3 Å². The molecule has 1 aliphatic rings. The fourth-order valence-electron chi connectivity index (χ4n) is 3.03. The molecule has 1 heterocycles. The molecule has 0 radical (unpaired) electrons. The Morgan fingerprint density at radius 1 is 1.00 bits per heavy atom. The first-order chi connectivity index (χ1) is 12.7. The van der Waals surface area contributed by atoms with E-state index in [0.29, 0.717) is 17.2 Å². The maximum absolute atomic E-state index is 12.3. The summed E-state index contributed by atoms with van der Waals surface area (Å²) < 4.78 is 5.80. The molecule has 3 nitrogen and oxygen atoms in total. The highest BCUT2D eigenvalue weighted by atomic mass is 35.5. The van der Waals surface area contributed by atoms with E-state index in [-0.39, 0.29) is 5.78 Å². The molecule has 0 aliphatic carbocycles. The molecular formula is C22H24ClNO2. The monoisotopic (exact) mass is 369 g/mol. The minimum atomic E-state index is -0.0279. The molecule has 0 bridgehead atoms. The smallest absolute Gasteiger partial charge is 0.185 e. The Kier molecular flexibility index (Phi) is 6.87. The summed E-state index contributed by atoms with van der Waals surface area (Å²) in [6.07, 6.45) is 7.30. The van der Waals surface area contributed by atoms with Crippen molar-refractivity contribution in [2.75, 3.05) is 26.2 Å². The number of ether oxygens (including phenoxy) is 1. The van der Waals surface area contributed by atoms with Gasteiger partial charge in [0.25, 0.3) is 0 Å². The van der Waals surface area contributed by atoms with Crippen LogP contribution < -0.4 is 4.74 Å². The third-order valence-corrected chi connectivity index (χ3v) is 4.81. The maximum atomic E-state index is 12.3. The summed E-state index contributed by atoms with van der Waals surface area (Å²) in [6, 6.07) is 14.7. The van der Waals surface area contributed by atoms with Gasteiger partial charge in [-0.05, 0) is 74.0 Å². The van der Waals surface area contributed by atoms with Crippen molar-refractivity contribution >= 4 is 23.5 Å². The minimum absolute atomic E-state index is 0.0279. The van der Waals surface area contributed by atoms with Crippen LogP contribution in [0.2, 0.25) is 5.02 Å². The fraction of sp³-hybridized carbons (Fsp3) is 0.318. The van der Waals surface area contributed by atoms with Crippen LogP contribution in [0.3, 0.4) is 0 Å². The van der Waals surface area contributed by atoms with Crippen LogP contribution >= 0.6 is 11.6 Å². The summed E-state index contributed by atoms with van der Waals surface area (Å²) in [6.45, 7) is 4.00. The van der Waals surface area contributed by atoms with E-state index in [1.54, 1.807) is 12.2 Å². The number of rotatable bonds is 7. The molecule has 0 spiro atoms. The Labute approximate surface area is 160 Å². The van der Waals surface area contributed by atoms with Crippen LogP contribution in [0.4, 0.5) is 0 Å². The van der Waals surface area contributed by atoms with Crippen LogP contribution in [0.5, 0.6) is 5.75 Å². The predicted octanol–water partition coefficient (Wildman–Crippen LogP) is 5.10. The largest absolute Gasteiger partial charge is 0.492 e. The molecule has 0 aromatic heterocycles. The van der Waals surface area contributed by atoms with Gasteiger partial charge in [-0.15, -0.1) is 0 Å². The number of carbonyl (C=O) groups excluding carboxylic acids is 1. The second-order valence-corrected chi connectivity index (χ2v) is 6.96. The molecular weight excluding hydrogens is 346 g/mol. The molecule has 1 saturated heterocycles. The lowest BCUT2D eigenvalue weighted by Crippen LogP contribution is -2.33. The van der Waals surface area contributed by atoms with E-state index in [1.165, 1.54) is 32.4 Å². The lowest BCUT2D eigenvalue weighted by atomic mass is 10.1. The normalized spacial score (nSPS) is 15.3. The SMILES string of the molecule is O=C(/C=C/c1ccc(Cl)cc1)c1ccc(OCCN2CCCCC2)cc1. The number of ketones is 1. The zero-order chi connectivity index (χ0) is 18.2. The van der Waals surface area contributed by atoms with Crippen LogP contribution in [-0.2, 0) is 0 Å². The van der Waals surface area contributed by atoms with Crippen LogP contribution in [0, 0.1) is 0 Å². The average Bonchev–Trinajstić information content (AvgIpc) is 2.69. The van der Waals surface area contributed by atoms with E-state index in [2.05, 4.69) is 4.90 Å². The van der Waals surface area contributed by atoms with Crippen molar-refractivity contribution < 1.29 is 9.53 Å². The van der Waals surface area contributed by atoms with Gasteiger partial charge in [0.2, 0.25) is 0 Å². The van der Waals surface area contributed by atoms with Gasteiger partial charge in [0.15, 0.2) is 5.78 Å². The standard InChI is InChI=1S/C22H24ClNO2/c23-20-9-4-18(5-10-20)6-13-22(25)19-7-11-21(12-8-19)26-17-16-24-14-2-1-3-15-24/h4-13H,1-3,14-17H2/b13-6+. The van der Waals surface area contributed by atoms with Crippen molar-refractivity contribution in [3.05, 3.63) is 70.8 Å². The Morgan fingerprint density at radius 2 is 1.69 bits per heavy atom. The van der Waals surface area contributed by atoms with Crippen LogP contribution in [0.1, 0.15) is 35.2 Å². The fourth-order valence-corrected chi connectivity index (χ4v) is 3.16. The number of halogens is 1. The first-order valence-corrected chi connectivity index (χ1v) is 9.52.